The first kappa shape index (κ1) is 12.0. The Morgan fingerprint density at radius 1 is 1.26 bits per heavy atom. The van der Waals surface area contributed by atoms with Crippen LogP contribution < -0.4 is 10.5 Å². The van der Waals surface area contributed by atoms with Crippen molar-refractivity contribution in [3.05, 3.63) is 40.9 Å². The maximum atomic E-state index is 5.87. The number of nitrogen functional groups attached to an aromatic ring is 1. The molecule has 96 valence electrons. The third-order valence-electron chi connectivity index (χ3n) is 2.85. The predicted molar refractivity (Wildman–Crippen MR) is 78.1 cm³/mol. The van der Waals surface area contributed by atoms with Crippen molar-refractivity contribution < 1.29 is 9.15 Å². The van der Waals surface area contributed by atoms with Gasteiger partial charge in [-0.05, 0) is 46.3 Å². The van der Waals surface area contributed by atoms with Gasteiger partial charge in [0, 0.05) is 5.56 Å². The lowest BCUT2D eigenvalue weighted by Gasteiger charge is -2.03. The number of oxazole rings is 1. The molecule has 2 N–H and O–H groups in total. The molecule has 0 atom stereocenters. The van der Waals surface area contributed by atoms with E-state index in [4.69, 9.17) is 14.9 Å². The van der Waals surface area contributed by atoms with E-state index in [1.54, 1.807) is 13.2 Å². The lowest BCUT2D eigenvalue weighted by atomic mass is 10.2. The van der Waals surface area contributed by atoms with E-state index >= 15 is 0 Å². The quantitative estimate of drug-likeness (QED) is 0.729. The first-order valence-electron chi connectivity index (χ1n) is 5.68. The maximum Gasteiger partial charge on any atom is 0.227 e. The second kappa shape index (κ2) is 4.59. The van der Waals surface area contributed by atoms with Gasteiger partial charge in [0.2, 0.25) is 5.89 Å². The number of hydrogen-bond donors (Lipinski definition) is 1. The summed E-state index contributed by atoms with van der Waals surface area (Å²) in [5.41, 5.74) is 8.71. The third-order valence-corrected chi connectivity index (χ3v) is 3.47. The average Bonchev–Trinajstić information content (AvgIpc) is 2.84. The van der Waals surface area contributed by atoms with Crippen LogP contribution in [0.3, 0.4) is 0 Å². The number of fused-ring (bicyclic) bond motifs is 1. The Hall–Kier alpha value is -2.01. The minimum Gasteiger partial charge on any atom is -0.496 e. The summed E-state index contributed by atoms with van der Waals surface area (Å²) in [6.07, 6.45) is 0. The molecule has 3 aromatic rings. The monoisotopic (exact) mass is 318 g/mol. The third kappa shape index (κ3) is 2.06. The van der Waals surface area contributed by atoms with Gasteiger partial charge in [0.05, 0.1) is 17.3 Å². The standard InChI is InChI=1S/C14H11BrN2O2/c1-18-11-6-5-8(7-9(11)15)14-17-13-10(16)3-2-4-12(13)19-14/h2-7H,16H2,1H3. The Labute approximate surface area is 118 Å². The van der Waals surface area contributed by atoms with Gasteiger partial charge in [-0.3, -0.25) is 0 Å². The molecule has 19 heavy (non-hydrogen) atoms. The fraction of sp³-hybridized carbons (Fsp3) is 0.0714. The molecule has 2 aromatic carbocycles. The molecule has 0 unspecified atom stereocenters. The van der Waals surface area contributed by atoms with E-state index in [0.29, 0.717) is 22.7 Å². The van der Waals surface area contributed by atoms with E-state index in [1.165, 1.54) is 0 Å². The van der Waals surface area contributed by atoms with Crippen molar-refractivity contribution in [3.8, 4) is 17.2 Å². The van der Waals surface area contributed by atoms with Crippen LogP contribution in [0.25, 0.3) is 22.6 Å². The number of nitrogens with zero attached hydrogens (tertiary/aromatic N) is 1. The van der Waals surface area contributed by atoms with Crippen molar-refractivity contribution in [3.63, 3.8) is 0 Å². The first-order valence-corrected chi connectivity index (χ1v) is 6.47. The summed E-state index contributed by atoms with van der Waals surface area (Å²) in [5, 5.41) is 0. The van der Waals surface area contributed by atoms with E-state index in [1.807, 2.05) is 30.3 Å². The largest absolute Gasteiger partial charge is 0.496 e. The Balaban J connectivity index is 2.14. The van der Waals surface area contributed by atoms with Crippen LogP contribution in [-0.2, 0) is 0 Å². The topological polar surface area (TPSA) is 61.3 Å². The number of methoxy groups -OCH3 is 1. The van der Waals surface area contributed by atoms with Crippen molar-refractivity contribution in [1.82, 2.24) is 4.98 Å². The van der Waals surface area contributed by atoms with E-state index < -0.39 is 0 Å². The van der Waals surface area contributed by atoms with Gasteiger partial charge >= 0.3 is 0 Å². The molecule has 0 aliphatic carbocycles. The zero-order chi connectivity index (χ0) is 13.4. The molecular formula is C14H11BrN2O2. The number of aromatic nitrogens is 1. The summed E-state index contributed by atoms with van der Waals surface area (Å²) in [7, 11) is 1.62. The smallest absolute Gasteiger partial charge is 0.227 e. The van der Waals surface area contributed by atoms with Gasteiger partial charge in [-0.25, -0.2) is 4.98 Å². The van der Waals surface area contributed by atoms with Crippen LogP contribution in [0.5, 0.6) is 5.75 Å². The number of ether oxygens (including phenoxy) is 1. The summed E-state index contributed by atoms with van der Waals surface area (Å²) in [6.45, 7) is 0. The van der Waals surface area contributed by atoms with E-state index in [0.717, 1.165) is 15.8 Å². The number of hydrogen-bond acceptors (Lipinski definition) is 4. The molecule has 3 rings (SSSR count). The Kier molecular flexibility index (Phi) is 2.91. The molecule has 0 fully saturated rings. The van der Waals surface area contributed by atoms with Crippen molar-refractivity contribution in [2.75, 3.05) is 12.8 Å². The molecular weight excluding hydrogens is 308 g/mol. The van der Waals surface area contributed by atoms with Crippen LogP contribution in [0.1, 0.15) is 0 Å². The number of rotatable bonds is 2. The van der Waals surface area contributed by atoms with Crippen LogP contribution in [0.4, 0.5) is 5.69 Å². The van der Waals surface area contributed by atoms with E-state index in [9.17, 15) is 0 Å². The highest BCUT2D eigenvalue weighted by Crippen LogP contribution is 2.32. The lowest BCUT2D eigenvalue weighted by molar-refractivity contribution is 0.412. The second-order valence-corrected chi connectivity index (χ2v) is 4.92. The fourth-order valence-electron chi connectivity index (χ4n) is 1.89. The molecule has 0 amide bonds. The van der Waals surface area contributed by atoms with Gasteiger partial charge in [0.1, 0.15) is 11.3 Å². The first-order chi connectivity index (χ1) is 9.19. The van der Waals surface area contributed by atoms with Crippen LogP contribution in [-0.4, -0.2) is 12.1 Å². The highest BCUT2D eigenvalue weighted by molar-refractivity contribution is 9.10. The van der Waals surface area contributed by atoms with Crippen LogP contribution in [0.15, 0.2) is 45.3 Å². The maximum absolute atomic E-state index is 5.87. The zero-order valence-corrected chi connectivity index (χ0v) is 11.8. The highest BCUT2D eigenvalue weighted by atomic mass is 79.9. The van der Waals surface area contributed by atoms with Gasteiger partial charge in [-0.2, -0.15) is 0 Å². The fourth-order valence-corrected chi connectivity index (χ4v) is 2.43. The minimum atomic E-state index is 0.538. The SMILES string of the molecule is COc1ccc(-c2nc3c(N)cccc3o2)cc1Br. The van der Waals surface area contributed by atoms with Gasteiger partial charge in [0.25, 0.3) is 0 Å². The molecule has 0 saturated carbocycles. The minimum absolute atomic E-state index is 0.538. The Morgan fingerprint density at radius 2 is 2.11 bits per heavy atom. The van der Waals surface area contributed by atoms with Gasteiger partial charge in [0.15, 0.2) is 5.58 Å². The predicted octanol–water partition coefficient (Wildman–Crippen LogP) is 3.85. The molecule has 0 aliphatic rings. The molecule has 0 saturated heterocycles. The highest BCUT2D eigenvalue weighted by Gasteiger charge is 2.11. The molecule has 4 nitrogen and oxygen atoms in total. The molecule has 0 spiro atoms. The number of halogens is 1. The normalized spacial score (nSPS) is 10.8. The van der Waals surface area contributed by atoms with E-state index in [-0.39, 0.29) is 0 Å². The van der Waals surface area contributed by atoms with Crippen LogP contribution in [0.2, 0.25) is 0 Å². The van der Waals surface area contributed by atoms with E-state index in [2.05, 4.69) is 20.9 Å². The summed E-state index contributed by atoms with van der Waals surface area (Å²) in [5.74, 6) is 1.30. The second-order valence-electron chi connectivity index (χ2n) is 4.06. The average molecular weight is 319 g/mol. The van der Waals surface area contributed by atoms with Crippen LogP contribution >= 0.6 is 15.9 Å². The number of anilines is 1. The Morgan fingerprint density at radius 3 is 2.79 bits per heavy atom. The zero-order valence-electron chi connectivity index (χ0n) is 10.2. The summed E-state index contributed by atoms with van der Waals surface area (Å²) in [4.78, 5) is 4.43. The number of para-hydroxylation sites is 1. The number of nitrogens with two attached hydrogens (primary N) is 1. The molecule has 5 heteroatoms. The molecule has 0 aliphatic heterocycles. The summed E-state index contributed by atoms with van der Waals surface area (Å²) in [6, 6.07) is 11.2. The van der Waals surface area contributed by atoms with Gasteiger partial charge in [-0.15, -0.1) is 0 Å². The molecule has 0 bridgehead atoms. The van der Waals surface area contributed by atoms with Crippen molar-refractivity contribution >= 4 is 32.7 Å². The Bertz CT molecular complexity index is 752. The lowest BCUT2D eigenvalue weighted by Crippen LogP contribution is -1.86. The van der Waals surface area contributed by atoms with Crippen molar-refractivity contribution in [2.24, 2.45) is 0 Å². The number of benzene rings is 2. The summed E-state index contributed by atoms with van der Waals surface area (Å²) >= 11 is 3.44. The summed E-state index contributed by atoms with van der Waals surface area (Å²) < 4.78 is 11.8. The van der Waals surface area contributed by atoms with Crippen LogP contribution in [0, 0.1) is 0 Å². The van der Waals surface area contributed by atoms with Crippen molar-refractivity contribution in [1.29, 1.82) is 0 Å². The van der Waals surface area contributed by atoms with Crippen molar-refractivity contribution in [2.45, 2.75) is 0 Å². The van der Waals surface area contributed by atoms with Gasteiger partial charge < -0.3 is 14.9 Å². The molecule has 0 radical (unpaired) electrons. The molecule has 1 aromatic heterocycles. The molecule has 1 heterocycles. The van der Waals surface area contributed by atoms with Gasteiger partial charge in [-0.1, -0.05) is 6.07 Å².